The number of anilines is 3. The zero-order valence-electron chi connectivity index (χ0n) is 21.1. The Morgan fingerprint density at radius 2 is 1.95 bits per heavy atom. The summed E-state index contributed by atoms with van der Waals surface area (Å²) in [4.78, 5) is 32.3. The standard InChI is InChI=1S/C27H28N8O3/c1-29-24(36)15-8-10-19(21(12-15)37-2)33-27-34-23-22(25(35-27)38-16-5-3-4-6-16)17(13-30-23)14-7-9-18-20(11-14)32-26(28)31-18/h7-13,16H,3-6H2,1-2H3,(H,29,36)(H3,28,31,32)(H2,30,33,34,35). The summed E-state index contributed by atoms with van der Waals surface area (Å²) in [6, 6.07) is 11.1. The number of hydrogen-bond donors (Lipinski definition) is 5. The molecule has 0 spiro atoms. The molecule has 3 heterocycles. The number of nitrogens with one attached hydrogen (secondary N) is 4. The number of hydrogen-bond acceptors (Lipinski definition) is 8. The third-order valence-corrected chi connectivity index (χ3v) is 6.83. The Labute approximate surface area is 218 Å². The van der Waals surface area contributed by atoms with Crippen LogP contribution in [0.2, 0.25) is 0 Å². The first-order valence-electron chi connectivity index (χ1n) is 12.5. The number of aromatic amines is 2. The highest BCUT2D eigenvalue weighted by molar-refractivity contribution is 5.99. The average Bonchev–Trinajstić information content (AvgIpc) is 3.67. The third-order valence-electron chi connectivity index (χ3n) is 6.83. The van der Waals surface area contributed by atoms with Crippen LogP contribution in [0.3, 0.4) is 0 Å². The number of H-pyrrole nitrogens is 2. The van der Waals surface area contributed by atoms with Crippen molar-refractivity contribution in [2.45, 2.75) is 31.8 Å². The van der Waals surface area contributed by atoms with Gasteiger partial charge in [-0.05, 0) is 61.6 Å². The second-order valence-corrected chi connectivity index (χ2v) is 9.28. The number of benzene rings is 2. The molecule has 0 aliphatic heterocycles. The van der Waals surface area contributed by atoms with Gasteiger partial charge in [-0.3, -0.25) is 4.79 Å². The molecule has 1 amide bonds. The lowest BCUT2D eigenvalue weighted by Gasteiger charge is -2.16. The van der Waals surface area contributed by atoms with Crippen LogP contribution in [0, 0.1) is 0 Å². The minimum absolute atomic E-state index is 0.0972. The minimum Gasteiger partial charge on any atom is -0.495 e. The van der Waals surface area contributed by atoms with Gasteiger partial charge in [0, 0.05) is 24.4 Å². The Morgan fingerprint density at radius 1 is 1.11 bits per heavy atom. The third kappa shape index (κ3) is 4.32. The van der Waals surface area contributed by atoms with Gasteiger partial charge in [0.2, 0.25) is 11.8 Å². The number of aromatic nitrogens is 5. The van der Waals surface area contributed by atoms with Gasteiger partial charge in [-0.25, -0.2) is 4.98 Å². The van der Waals surface area contributed by atoms with Crippen molar-refractivity contribution in [1.82, 2.24) is 30.2 Å². The van der Waals surface area contributed by atoms with E-state index >= 15 is 0 Å². The molecule has 0 bridgehead atoms. The van der Waals surface area contributed by atoms with Gasteiger partial charge < -0.3 is 35.8 Å². The maximum Gasteiger partial charge on any atom is 0.251 e. The predicted octanol–water partition coefficient (Wildman–Crippen LogP) is 4.52. The van der Waals surface area contributed by atoms with E-state index in [1.54, 1.807) is 32.4 Å². The summed E-state index contributed by atoms with van der Waals surface area (Å²) >= 11 is 0. The van der Waals surface area contributed by atoms with Crippen LogP contribution in [-0.2, 0) is 0 Å². The summed E-state index contributed by atoms with van der Waals surface area (Å²) in [7, 11) is 3.14. The summed E-state index contributed by atoms with van der Waals surface area (Å²) < 4.78 is 12.0. The summed E-state index contributed by atoms with van der Waals surface area (Å²) in [5.74, 6) is 1.52. The van der Waals surface area contributed by atoms with Crippen LogP contribution in [0.5, 0.6) is 11.6 Å². The Bertz CT molecular complexity index is 1650. The predicted molar refractivity (Wildman–Crippen MR) is 146 cm³/mol. The number of imidazole rings is 1. The van der Waals surface area contributed by atoms with E-state index in [-0.39, 0.29) is 12.0 Å². The summed E-state index contributed by atoms with van der Waals surface area (Å²) in [5, 5.41) is 6.66. The van der Waals surface area contributed by atoms with Crippen LogP contribution in [0.4, 0.5) is 17.6 Å². The molecule has 11 nitrogen and oxygen atoms in total. The Kier molecular flexibility index (Phi) is 5.95. The van der Waals surface area contributed by atoms with Gasteiger partial charge in [0.25, 0.3) is 5.91 Å². The molecule has 6 N–H and O–H groups in total. The topological polar surface area (TPSA) is 156 Å². The molecule has 0 atom stereocenters. The lowest BCUT2D eigenvalue weighted by molar-refractivity contribution is 0.0962. The fourth-order valence-corrected chi connectivity index (χ4v) is 4.93. The molecule has 0 radical (unpaired) electrons. The minimum atomic E-state index is -0.199. The average molecular weight is 513 g/mol. The number of carbonyl (C=O) groups excluding carboxylic acids is 1. The molecule has 2 aromatic carbocycles. The second-order valence-electron chi connectivity index (χ2n) is 9.28. The molecule has 1 aliphatic carbocycles. The fraction of sp³-hybridized carbons (Fsp3) is 0.259. The number of fused-ring (bicyclic) bond motifs is 2. The molecule has 194 valence electrons. The Balaban J connectivity index is 1.42. The van der Waals surface area contributed by atoms with Crippen LogP contribution in [-0.4, -0.2) is 51.1 Å². The zero-order valence-corrected chi connectivity index (χ0v) is 21.1. The monoisotopic (exact) mass is 512 g/mol. The van der Waals surface area contributed by atoms with Crippen molar-refractivity contribution in [3.05, 3.63) is 48.2 Å². The van der Waals surface area contributed by atoms with Gasteiger partial charge in [-0.2, -0.15) is 9.97 Å². The van der Waals surface area contributed by atoms with Gasteiger partial charge in [0.05, 0.1) is 29.2 Å². The second kappa shape index (κ2) is 9.58. The number of ether oxygens (including phenoxy) is 2. The molecule has 38 heavy (non-hydrogen) atoms. The van der Waals surface area contributed by atoms with Crippen LogP contribution in [0.1, 0.15) is 36.0 Å². The van der Waals surface area contributed by atoms with Gasteiger partial charge in [-0.15, -0.1) is 0 Å². The lowest BCUT2D eigenvalue weighted by atomic mass is 10.1. The van der Waals surface area contributed by atoms with Gasteiger partial charge in [-0.1, -0.05) is 6.07 Å². The highest BCUT2D eigenvalue weighted by Crippen LogP contribution is 2.38. The summed E-state index contributed by atoms with van der Waals surface area (Å²) in [6.07, 6.45) is 6.25. The molecule has 6 rings (SSSR count). The largest absolute Gasteiger partial charge is 0.495 e. The number of amides is 1. The summed E-state index contributed by atoms with van der Waals surface area (Å²) in [6.45, 7) is 0. The molecule has 0 saturated heterocycles. The van der Waals surface area contributed by atoms with E-state index in [0.717, 1.165) is 53.2 Å². The molecule has 0 unspecified atom stereocenters. The molecular formula is C27H28N8O3. The first kappa shape index (κ1) is 23.6. The maximum absolute atomic E-state index is 12.1. The quantitative estimate of drug-likeness (QED) is 0.213. The molecule has 3 aromatic heterocycles. The van der Waals surface area contributed by atoms with E-state index in [4.69, 9.17) is 25.2 Å². The first-order chi connectivity index (χ1) is 18.5. The molecular weight excluding hydrogens is 484 g/mol. The van der Waals surface area contributed by atoms with Gasteiger partial charge in [0.15, 0.2) is 5.95 Å². The van der Waals surface area contributed by atoms with E-state index in [1.807, 2.05) is 24.4 Å². The summed E-state index contributed by atoms with van der Waals surface area (Å²) in [5.41, 5.74) is 11.1. The molecule has 5 aromatic rings. The molecule has 1 fully saturated rings. The number of nitrogen functional groups attached to an aromatic ring is 1. The molecule has 11 heteroatoms. The van der Waals surface area contributed by atoms with Crippen molar-refractivity contribution in [3.8, 4) is 22.8 Å². The normalized spacial score (nSPS) is 13.7. The van der Waals surface area contributed by atoms with Gasteiger partial charge >= 0.3 is 0 Å². The van der Waals surface area contributed by atoms with Crippen LogP contribution < -0.4 is 25.8 Å². The van der Waals surface area contributed by atoms with Crippen molar-refractivity contribution >= 4 is 45.6 Å². The van der Waals surface area contributed by atoms with Crippen LogP contribution in [0.25, 0.3) is 33.2 Å². The highest BCUT2D eigenvalue weighted by Gasteiger charge is 2.23. The maximum atomic E-state index is 12.1. The van der Waals surface area contributed by atoms with Crippen LogP contribution in [0.15, 0.2) is 42.6 Å². The van der Waals surface area contributed by atoms with Crippen molar-refractivity contribution in [1.29, 1.82) is 0 Å². The SMILES string of the molecule is CNC(=O)c1ccc(Nc2nc(OC3CCCC3)c3c(-c4ccc5nc(N)[nH]c5c4)c[nH]c3n2)c(OC)c1. The fourth-order valence-electron chi connectivity index (χ4n) is 4.93. The zero-order chi connectivity index (χ0) is 26.2. The van der Waals surface area contributed by atoms with Crippen LogP contribution >= 0.6 is 0 Å². The number of nitrogens with two attached hydrogens (primary N) is 1. The van der Waals surface area contributed by atoms with Crippen molar-refractivity contribution in [3.63, 3.8) is 0 Å². The van der Waals surface area contributed by atoms with E-state index in [1.165, 1.54) is 0 Å². The van der Waals surface area contributed by atoms with E-state index in [9.17, 15) is 4.79 Å². The first-order valence-corrected chi connectivity index (χ1v) is 12.5. The van der Waals surface area contributed by atoms with Gasteiger partial charge in [0.1, 0.15) is 17.5 Å². The van der Waals surface area contributed by atoms with Crippen molar-refractivity contribution in [2.24, 2.45) is 0 Å². The lowest BCUT2D eigenvalue weighted by Crippen LogP contribution is -2.17. The van der Waals surface area contributed by atoms with E-state index in [2.05, 4.69) is 25.6 Å². The number of nitrogens with zero attached hydrogens (tertiary/aromatic N) is 3. The van der Waals surface area contributed by atoms with E-state index < -0.39 is 0 Å². The number of carbonyl (C=O) groups is 1. The number of rotatable bonds is 7. The molecule has 1 aliphatic rings. The van der Waals surface area contributed by atoms with Crippen molar-refractivity contribution < 1.29 is 14.3 Å². The van der Waals surface area contributed by atoms with E-state index in [0.29, 0.717) is 40.4 Å². The highest BCUT2D eigenvalue weighted by atomic mass is 16.5. The molecule has 1 saturated carbocycles. The Morgan fingerprint density at radius 3 is 2.74 bits per heavy atom. The smallest absolute Gasteiger partial charge is 0.251 e. The number of methoxy groups -OCH3 is 1. The Hall–Kier alpha value is -4.80. The van der Waals surface area contributed by atoms with Crippen molar-refractivity contribution in [2.75, 3.05) is 25.2 Å².